The van der Waals surface area contributed by atoms with Crippen LogP contribution in [0.4, 0.5) is 0 Å². The Morgan fingerprint density at radius 3 is 2.48 bits per heavy atom. The van der Waals surface area contributed by atoms with Gasteiger partial charge in [-0.15, -0.1) is 5.10 Å². The molecule has 0 aliphatic heterocycles. The predicted octanol–water partition coefficient (Wildman–Crippen LogP) is 3.41. The van der Waals surface area contributed by atoms with Gasteiger partial charge in [-0.25, -0.2) is 9.67 Å². The number of aromatic nitrogens is 3. The monoisotopic (exact) mass is 394 g/mol. The lowest BCUT2D eigenvalue weighted by atomic mass is 10.1. The standard InChI is InChI=1S/C22H26N4O3/c1-4-29-19-12-10-18(11-13-19)26-21(17-8-6-16(2)7-9-17)24-20(25-26)22(27)23-14-5-15-28-3/h6-13H,4-5,14-15H2,1-3H3,(H,23,27). The number of carbonyl (C=O) groups is 1. The Kier molecular flexibility index (Phi) is 6.97. The van der Waals surface area contributed by atoms with Gasteiger partial charge in [0.2, 0.25) is 5.82 Å². The second-order valence-corrected chi connectivity index (χ2v) is 6.57. The van der Waals surface area contributed by atoms with Crippen molar-refractivity contribution in [2.24, 2.45) is 0 Å². The highest BCUT2D eigenvalue weighted by Crippen LogP contribution is 2.23. The molecule has 3 aromatic rings. The molecule has 0 atom stereocenters. The minimum atomic E-state index is -0.306. The number of aryl methyl sites for hydroxylation is 1. The highest BCUT2D eigenvalue weighted by Gasteiger charge is 2.18. The van der Waals surface area contributed by atoms with Gasteiger partial charge in [-0.05, 0) is 44.5 Å². The van der Waals surface area contributed by atoms with Crippen molar-refractivity contribution in [2.75, 3.05) is 26.9 Å². The van der Waals surface area contributed by atoms with E-state index in [0.29, 0.717) is 25.6 Å². The van der Waals surface area contributed by atoms with Crippen LogP contribution in [0, 0.1) is 6.92 Å². The number of hydrogen-bond acceptors (Lipinski definition) is 5. The minimum Gasteiger partial charge on any atom is -0.494 e. The van der Waals surface area contributed by atoms with Gasteiger partial charge in [-0.3, -0.25) is 4.79 Å². The van der Waals surface area contributed by atoms with E-state index in [1.54, 1.807) is 11.8 Å². The fraction of sp³-hybridized carbons (Fsp3) is 0.318. The number of amides is 1. The van der Waals surface area contributed by atoms with Crippen LogP contribution in [0.15, 0.2) is 48.5 Å². The largest absolute Gasteiger partial charge is 0.494 e. The van der Waals surface area contributed by atoms with E-state index in [1.165, 1.54) is 0 Å². The van der Waals surface area contributed by atoms with Crippen LogP contribution in [-0.4, -0.2) is 47.5 Å². The second kappa shape index (κ2) is 9.84. The molecule has 0 radical (unpaired) electrons. The van der Waals surface area contributed by atoms with Gasteiger partial charge in [0.05, 0.1) is 12.3 Å². The summed E-state index contributed by atoms with van der Waals surface area (Å²) in [6, 6.07) is 15.5. The zero-order chi connectivity index (χ0) is 20.6. The Hall–Kier alpha value is -3.19. The minimum absolute atomic E-state index is 0.131. The van der Waals surface area contributed by atoms with E-state index in [2.05, 4.69) is 15.4 Å². The van der Waals surface area contributed by atoms with Crippen molar-refractivity contribution in [2.45, 2.75) is 20.3 Å². The van der Waals surface area contributed by atoms with Gasteiger partial charge in [-0.1, -0.05) is 29.8 Å². The molecular weight excluding hydrogens is 368 g/mol. The molecule has 0 aliphatic carbocycles. The molecule has 0 spiro atoms. The molecule has 0 saturated carbocycles. The summed E-state index contributed by atoms with van der Waals surface area (Å²) in [6.45, 7) is 5.66. The summed E-state index contributed by atoms with van der Waals surface area (Å²) in [6.07, 6.45) is 0.729. The van der Waals surface area contributed by atoms with Gasteiger partial charge in [0, 0.05) is 25.8 Å². The van der Waals surface area contributed by atoms with Crippen molar-refractivity contribution in [3.05, 3.63) is 59.9 Å². The summed E-state index contributed by atoms with van der Waals surface area (Å²) in [5.74, 6) is 1.21. The molecule has 1 N–H and O–H groups in total. The third kappa shape index (κ3) is 5.20. The molecule has 0 fully saturated rings. The number of benzene rings is 2. The molecule has 3 rings (SSSR count). The maximum atomic E-state index is 12.5. The van der Waals surface area contributed by atoms with Crippen molar-refractivity contribution in [1.82, 2.24) is 20.1 Å². The highest BCUT2D eigenvalue weighted by molar-refractivity contribution is 5.91. The van der Waals surface area contributed by atoms with Crippen molar-refractivity contribution >= 4 is 5.91 Å². The normalized spacial score (nSPS) is 10.7. The quantitative estimate of drug-likeness (QED) is 0.563. The summed E-state index contributed by atoms with van der Waals surface area (Å²) < 4.78 is 12.2. The average molecular weight is 394 g/mol. The third-order valence-corrected chi connectivity index (χ3v) is 4.32. The first-order chi connectivity index (χ1) is 14.1. The average Bonchev–Trinajstić information content (AvgIpc) is 3.18. The number of hydrogen-bond donors (Lipinski definition) is 1. The van der Waals surface area contributed by atoms with E-state index in [1.807, 2.05) is 62.4 Å². The van der Waals surface area contributed by atoms with Crippen LogP contribution >= 0.6 is 0 Å². The Morgan fingerprint density at radius 2 is 1.83 bits per heavy atom. The van der Waals surface area contributed by atoms with Crippen molar-refractivity contribution in [3.63, 3.8) is 0 Å². The summed E-state index contributed by atoms with van der Waals surface area (Å²) in [5.41, 5.74) is 2.84. The van der Waals surface area contributed by atoms with Crippen LogP contribution in [0.3, 0.4) is 0 Å². The number of methoxy groups -OCH3 is 1. The summed E-state index contributed by atoms with van der Waals surface area (Å²) in [5, 5.41) is 7.31. The fourth-order valence-electron chi connectivity index (χ4n) is 2.83. The summed E-state index contributed by atoms with van der Waals surface area (Å²) in [4.78, 5) is 17.0. The molecule has 0 saturated heterocycles. The van der Waals surface area contributed by atoms with Gasteiger partial charge in [0.15, 0.2) is 5.82 Å². The molecule has 1 amide bonds. The summed E-state index contributed by atoms with van der Waals surface area (Å²) >= 11 is 0. The van der Waals surface area contributed by atoms with Crippen molar-refractivity contribution in [1.29, 1.82) is 0 Å². The van der Waals surface area contributed by atoms with Crippen molar-refractivity contribution < 1.29 is 14.3 Å². The van der Waals surface area contributed by atoms with Crippen LogP contribution in [0.25, 0.3) is 17.1 Å². The number of carbonyl (C=O) groups excluding carboxylic acids is 1. The first-order valence-electron chi connectivity index (χ1n) is 9.67. The maximum Gasteiger partial charge on any atom is 0.290 e. The number of nitrogens with one attached hydrogen (secondary N) is 1. The smallest absolute Gasteiger partial charge is 0.290 e. The lowest BCUT2D eigenvalue weighted by molar-refractivity contribution is 0.0938. The van der Waals surface area contributed by atoms with Gasteiger partial charge in [0.25, 0.3) is 5.91 Å². The molecule has 2 aromatic carbocycles. The van der Waals surface area contributed by atoms with Gasteiger partial charge >= 0.3 is 0 Å². The number of ether oxygens (including phenoxy) is 2. The van der Waals surface area contributed by atoms with Crippen LogP contribution in [-0.2, 0) is 4.74 Å². The van der Waals surface area contributed by atoms with E-state index in [0.717, 1.165) is 29.0 Å². The van der Waals surface area contributed by atoms with E-state index in [-0.39, 0.29) is 11.7 Å². The molecular formula is C22H26N4O3. The van der Waals surface area contributed by atoms with Crippen LogP contribution in [0.5, 0.6) is 5.75 Å². The zero-order valence-corrected chi connectivity index (χ0v) is 17.0. The Morgan fingerprint density at radius 1 is 1.10 bits per heavy atom. The Labute approximate surface area is 170 Å². The van der Waals surface area contributed by atoms with Gasteiger partial charge in [0.1, 0.15) is 5.75 Å². The summed E-state index contributed by atoms with van der Waals surface area (Å²) in [7, 11) is 1.63. The van der Waals surface area contributed by atoms with Gasteiger partial charge < -0.3 is 14.8 Å². The first-order valence-corrected chi connectivity index (χ1v) is 9.67. The fourth-order valence-corrected chi connectivity index (χ4v) is 2.83. The first kappa shape index (κ1) is 20.5. The SMILES string of the molecule is CCOc1ccc(-n2nc(C(=O)NCCCOC)nc2-c2ccc(C)cc2)cc1. The van der Waals surface area contributed by atoms with E-state index < -0.39 is 0 Å². The molecule has 1 heterocycles. The molecule has 0 bridgehead atoms. The lowest BCUT2D eigenvalue weighted by Gasteiger charge is -2.08. The molecule has 7 heteroatoms. The maximum absolute atomic E-state index is 12.5. The molecule has 0 unspecified atom stereocenters. The molecule has 0 aliphatic rings. The van der Waals surface area contributed by atoms with E-state index in [9.17, 15) is 4.79 Å². The predicted molar refractivity (Wildman–Crippen MR) is 112 cm³/mol. The Bertz CT molecular complexity index is 934. The van der Waals surface area contributed by atoms with Crippen molar-refractivity contribution in [3.8, 4) is 22.8 Å². The van der Waals surface area contributed by atoms with E-state index >= 15 is 0 Å². The number of nitrogens with zero attached hydrogens (tertiary/aromatic N) is 3. The zero-order valence-electron chi connectivity index (χ0n) is 17.0. The second-order valence-electron chi connectivity index (χ2n) is 6.57. The van der Waals surface area contributed by atoms with Gasteiger partial charge in [-0.2, -0.15) is 0 Å². The van der Waals surface area contributed by atoms with Crippen LogP contribution in [0.1, 0.15) is 29.5 Å². The molecule has 1 aromatic heterocycles. The lowest BCUT2D eigenvalue weighted by Crippen LogP contribution is -2.26. The van der Waals surface area contributed by atoms with E-state index in [4.69, 9.17) is 9.47 Å². The number of rotatable bonds is 9. The van der Waals surface area contributed by atoms with Crippen LogP contribution < -0.4 is 10.1 Å². The molecule has 7 nitrogen and oxygen atoms in total. The third-order valence-electron chi connectivity index (χ3n) is 4.32. The Balaban J connectivity index is 1.93. The highest BCUT2D eigenvalue weighted by atomic mass is 16.5. The molecule has 29 heavy (non-hydrogen) atoms. The van der Waals surface area contributed by atoms with Crippen LogP contribution in [0.2, 0.25) is 0 Å². The molecule has 152 valence electrons. The topological polar surface area (TPSA) is 78.3 Å².